The van der Waals surface area contributed by atoms with E-state index in [4.69, 9.17) is 0 Å². The van der Waals surface area contributed by atoms with E-state index in [1.807, 2.05) is 13.0 Å². The van der Waals surface area contributed by atoms with Gasteiger partial charge < -0.3 is 5.11 Å². The number of carbonyl (C=O) groups is 1. The lowest BCUT2D eigenvalue weighted by Gasteiger charge is -2.14. The predicted molar refractivity (Wildman–Crippen MR) is 80.5 cm³/mol. The summed E-state index contributed by atoms with van der Waals surface area (Å²) in [6.45, 7) is 10.4. The molecule has 0 amide bonds. The summed E-state index contributed by atoms with van der Waals surface area (Å²) in [4.78, 5) is 11.2. The number of carboxylic acid groups (broad SMARTS) is 1. The molecule has 0 spiro atoms. The first kappa shape index (κ1) is 15.5. The Hall–Kier alpha value is -1.57. The van der Waals surface area contributed by atoms with E-state index < -0.39 is 5.97 Å². The molecule has 1 rings (SSSR count). The van der Waals surface area contributed by atoms with Crippen LogP contribution < -0.4 is 0 Å². The molecule has 0 bridgehead atoms. The Bertz CT molecular complexity index is 482. The summed E-state index contributed by atoms with van der Waals surface area (Å²) < 4.78 is 0. The summed E-state index contributed by atoms with van der Waals surface area (Å²) in [6, 6.07) is 6.39. The fraction of sp³-hybridized carbons (Fsp3) is 0.471. The quantitative estimate of drug-likeness (QED) is 0.771. The van der Waals surface area contributed by atoms with Gasteiger partial charge in [-0.3, -0.25) is 0 Å². The van der Waals surface area contributed by atoms with Gasteiger partial charge in [-0.1, -0.05) is 52.8 Å². The van der Waals surface area contributed by atoms with Gasteiger partial charge in [0.25, 0.3) is 0 Å². The molecule has 1 N–H and O–H groups in total. The van der Waals surface area contributed by atoms with Crippen LogP contribution in [0.1, 0.15) is 69.6 Å². The Morgan fingerprint density at radius 1 is 1.21 bits per heavy atom. The molecule has 19 heavy (non-hydrogen) atoms. The van der Waals surface area contributed by atoms with Gasteiger partial charge in [0.2, 0.25) is 0 Å². The first-order valence-electron chi connectivity index (χ1n) is 6.94. The molecule has 0 radical (unpaired) electrons. The monoisotopic (exact) mass is 260 g/mol. The lowest BCUT2D eigenvalue weighted by Crippen LogP contribution is -2.01. The molecule has 1 aromatic rings. The van der Waals surface area contributed by atoms with E-state index in [1.165, 1.54) is 11.1 Å². The van der Waals surface area contributed by atoms with Crippen LogP contribution in [0, 0.1) is 0 Å². The molecular formula is C17H24O2. The van der Waals surface area contributed by atoms with Gasteiger partial charge in [-0.25, -0.2) is 4.79 Å². The molecule has 2 nitrogen and oxygen atoms in total. The van der Waals surface area contributed by atoms with Crippen molar-refractivity contribution in [1.29, 1.82) is 0 Å². The summed E-state index contributed by atoms with van der Waals surface area (Å²) in [5, 5.41) is 9.17. The Morgan fingerprint density at radius 2 is 1.84 bits per heavy atom. The molecule has 0 aliphatic heterocycles. The lowest BCUT2D eigenvalue weighted by atomic mass is 9.91. The van der Waals surface area contributed by atoms with Crippen LogP contribution in [0.5, 0.6) is 0 Å². The molecule has 104 valence electrons. The molecule has 0 saturated carbocycles. The zero-order chi connectivity index (χ0) is 14.6. The van der Waals surface area contributed by atoms with Crippen molar-refractivity contribution in [3.05, 3.63) is 40.5 Å². The minimum absolute atomic E-state index is 0.388. The van der Waals surface area contributed by atoms with Crippen molar-refractivity contribution in [2.24, 2.45) is 0 Å². The maximum atomic E-state index is 11.2. The van der Waals surface area contributed by atoms with Crippen LogP contribution in [0.2, 0.25) is 0 Å². The van der Waals surface area contributed by atoms with Crippen molar-refractivity contribution < 1.29 is 9.90 Å². The van der Waals surface area contributed by atoms with Crippen LogP contribution in [0.4, 0.5) is 0 Å². The molecule has 1 aromatic carbocycles. The molecule has 0 atom stereocenters. The van der Waals surface area contributed by atoms with Crippen LogP contribution in [-0.2, 0) is 4.79 Å². The zero-order valence-electron chi connectivity index (χ0n) is 12.5. The average molecular weight is 260 g/mol. The van der Waals surface area contributed by atoms with Crippen LogP contribution in [0.25, 0.3) is 6.08 Å². The molecule has 0 saturated heterocycles. The predicted octanol–water partition coefficient (Wildman–Crippen LogP) is 4.81. The highest BCUT2D eigenvalue weighted by atomic mass is 16.4. The standard InChI is InChI=1S/C17H24O2/c1-6-13(17(18)19)9-15-10-14(11(2)3)7-8-16(15)12(4)5/h7-12H,6H2,1-5H3,(H,18,19). The van der Waals surface area contributed by atoms with Gasteiger partial charge in [0.15, 0.2) is 0 Å². The molecule has 0 heterocycles. The van der Waals surface area contributed by atoms with E-state index in [0.29, 0.717) is 23.8 Å². The van der Waals surface area contributed by atoms with Crippen molar-refractivity contribution in [3.63, 3.8) is 0 Å². The number of carboxylic acids is 1. The maximum Gasteiger partial charge on any atom is 0.331 e. The topological polar surface area (TPSA) is 37.3 Å². The zero-order valence-corrected chi connectivity index (χ0v) is 12.5. The Balaban J connectivity index is 3.36. The summed E-state index contributed by atoms with van der Waals surface area (Å²) in [5.74, 6) is 0.00906. The van der Waals surface area contributed by atoms with Crippen LogP contribution in [-0.4, -0.2) is 11.1 Å². The molecule has 0 aromatic heterocycles. The van der Waals surface area contributed by atoms with Gasteiger partial charge in [0, 0.05) is 5.57 Å². The Kier molecular flexibility index (Phi) is 5.34. The third kappa shape index (κ3) is 3.95. The number of hydrogen-bond donors (Lipinski definition) is 1. The SMILES string of the molecule is CCC(=Cc1cc(C(C)C)ccc1C(C)C)C(=O)O. The highest BCUT2D eigenvalue weighted by Gasteiger charge is 2.11. The van der Waals surface area contributed by atoms with E-state index in [-0.39, 0.29) is 0 Å². The van der Waals surface area contributed by atoms with Gasteiger partial charge in [-0.05, 0) is 41.0 Å². The summed E-state index contributed by atoms with van der Waals surface area (Å²) in [6.07, 6.45) is 2.36. The van der Waals surface area contributed by atoms with Crippen molar-refractivity contribution in [1.82, 2.24) is 0 Å². The van der Waals surface area contributed by atoms with E-state index in [1.54, 1.807) is 0 Å². The molecule has 0 aliphatic carbocycles. The maximum absolute atomic E-state index is 11.2. The molecule has 0 unspecified atom stereocenters. The fourth-order valence-electron chi connectivity index (χ4n) is 2.11. The highest BCUT2D eigenvalue weighted by molar-refractivity contribution is 5.92. The van der Waals surface area contributed by atoms with Gasteiger partial charge in [-0.2, -0.15) is 0 Å². The van der Waals surface area contributed by atoms with E-state index in [0.717, 1.165) is 5.56 Å². The number of benzene rings is 1. The molecular weight excluding hydrogens is 236 g/mol. The smallest absolute Gasteiger partial charge is 0.331 e. The number of rotatable bonds is 5. The highest BCUT2D eigenvalue weighted by Crippen LogP contribution is 2.26. The van der Waals surface area contributed by atoms with Gasteiger partial charge in [0.05, 0.1) is 0 Å². The van der Waals surface area contributed by atoms with Gasteiger partial charge in [0.1, 0.15) is 0 Å². The normalized spacial score (nSPS) is 12.3. The van der Waals surface area contributed by atoms with E-state index in [9.17, 15) is 9.90 Å². The minimum Gasteiger partial charge on any atom is -0.478 e. The third-order valence-electron chi connectivity index (χ3n) is 3.38. The van der Waals surface area contributed by atoms with Crippen LogP contribution in [0.15, 0.2) is 23.8 Å². The van der Waals surface area contributed by atoms with Crippen molar-refractivity contribution in [2.75, 3.05) is 0 Å². The Morgan fingerprint density at radius 3 is 2.26 bits per heavy atom. The second kappa shape index (κ2) is 6.55. The minimum atomic E-state index is -0.827. The van der Waals surface area contributed by atoms with Crippen molar-refractivity contribution in [3.8, 4) is 0 Å². The largest absolute Gasteiger partial charge is 0.478 e. The van der Waals surface area contributed by atoms with Crippen molar-refractivity contribution >= 4 is 12.0 Å². The second-order valence-electron chi connectivity index (χ2n) is 5.53. The molecule has 0 fully saturated rings. The number of hydrogen-bond acceptors (Lipinski definition) is 1. The van der Waals surface area contributed by atoms with Gasteiger partial charge >= 0.3 is 5.97 Å². The van der Waals surface area contributed by atoms with Crippen LogP contribution >= 0.6 is 0 Å². The number of aliphatic carboxylic acids is 1. The average Bonchev–Trinajstić information content (AvgIpc) is 2.34. The lowest BCUT2D eigenvalue weighted by molar-refractivity contribution is -0.132. The van der Waals surface area contributed by atoms with Gasteiger partial charge in [-0.15, -0.1) is 0 Å². The van der Waals surface area contributed by atoms with Crippen molar-refractivity contribution in [2.45, 2.75) is 52.9 Å². The fourth-order valence-corrected chi connectivity index (χ4v) is 2.11. The summed E-state index contributed by atoms with van der Waals surface area (Å²) in [5.41, 5.74) is 3.95. The summed E-state index contributed by atoms with van der Waals surface area (Å²) >= 11 is 0. The summed E-state index contributed by atoms with van der Waals surface area (Å²) in [7, 11) is 0. The second-order valence-corrected chi connectivity index (χ2v) is 5.53. The van der Waals surface area contributed by atoms with Crippen LogP contribution in [0.3, 0.4) is 0 Å². The third-order valence-corrected chi connectivity index (χ3v) is 3.38. The first-order valence-corrected chi connectivity index (χ1v) is 6.94. The molecule has 2 heteroatoms. The Labute approximate surface area is 116 Å². The molecule has 0 aliphatic rings. The first-order chi connectivity index (χ1) is 8.86. The van der Waals surface area contributed by atoms with E-state index in [2.05, 4.69) is 45.9 Å². The van der Waals surface area contributed by atoms with E-state index >= 15 is 0 Å².